The molecule has 2 nitrogen and oxygen atoms in total. The van der Waals surface area contributed by atoms with Gasteiger partial charge in [-0.3, -0.25) is 4.79 Å². The van der Waals surface area contributed by atoms with E-state index in [1.807, 2.05) is 67.6 Å². The summed E-state index contributed by atoms with van der Waals surface area (Å²) in [7, 11) is 0. The molecule has 0 heterocycles. The number of hydrogen-bond acceptors (Lipinski definition) is 1. The van der Waals surface area contributed by atoms with Gasteiger partial charge in [0.25, 0.3) is 5.91 Å². The van der Waals surface area contributed by atoms with Gasteiger partial charge in [0, 0.05) is 15.7 Å². The number of hydrogen-bond donors (Lipinski definition) is 1. The highest BCUT2D eigenvalue weighted by molar-refractivity contribution is 9.10. The van der Waals surface area contributed by atoms with Crippen LogP contribution >= 0.6 is 15.9 Å². The van der Waals surface area contributed by atoms with Crippen molar-refractivity contribution in [2.24, 2.45) is 0 Å². The lowest BCUT2D eigenvalue weighted by Crippen LogP contribution is -2.15. The molecule has 0 fully saturated rings. The molecule has 0 atom stereocenters. The summed E-state index contributed by atoms with van der Waals surface area (Å²) in [6.45, 7) is 1.98. The lowest BCUT2D eigenvalue weighted by molar-refractivity contribution is 0.102. The number of benzene rings is 3. The third-order valence-electron chi connectivity index (χ3n) is 3.94. The molecule has 3 rings (SSSR count). The van der Waals surface area contributed by atoms with Crippen LogP contribution in [0.3, 0.4) is 0 Å². The standard InChI is InChI=1S/C21H18BrNO/c1-15-13-18(22)11-12-20(15)23-21(24)19-10-6-5-9-17(19)14-16-7-3-2-4-8-16/h2-13H,14H2,1H3,(H,23,24). The van der Waals surface area contributed by atoms with Crippen molar-refractivity contribution in [2.45, 2.75) is 13.3 Å². The van der Waals surface area contributed by atoms with E-state index < -0.39 is 0 Å². The quantitative estimate of drug-likeness (QED) is 0.627. The maximum Gasteiger partial charge on any atom is 0.255 e. The first-order valence-corrected chi connectivity index (χ1v) is 8.62. The minimum Gasteiger partial charge on any atom is -0.322 e. The van der Waals surface area contributed by atoms with E-state index in [1.165, 1.54) is 5.56 Å². The van der Waals surface area contributed by atoms with E-state index in [1.54, 1.807) is 0 Å². The smallest absolute Gasteiger partial charge is 0.255 e. The van der Waals surface area contributed by atoms with Crippen molar-refractivity contribution in [1.82, 2.24) is 0 Å². The fourth-order valence-corrected chi connectivity index (χ4v) is 3.14. The Morgan fingerprint density at radius 3 is 2.42 bits per heavy atom. The third-order valence-corrected chi connectivity index (χ3v) is 4.43. The van der Waals surface area contributed by atoms with Crippen LogP contribution in [-0.4, -0.2) is 5.91 Å². The first-order chi connectivity index (χ1) is 11.6. The Labute approximate surface area is 150 Å². The Hall–Kier alpha value is -2.39. The number of amides is 1. The van der Waals surface area contributed by atoms with E-state index >= 15 is 0 Å². The molecule has 0 aromatic heterocycles. The van der Waals surface area contributed by atoms with Gasteiger partial charge in [-0.05, 0) is 54.3 Å². The van der Waals surface area contributed by atoms with Gasteiger partial charge >= 0.3 is 0 Å². The molecule has 3 heteroatoms. The largest absolute Gasteiger partial charge is 0.322 e. The normalized spacial score (nSPS) is 10.4. The number of carbonyl (C=O) groups is 1. The maximum absolute atomic E-state index is 12.7. The van der Waals surface area contributed by atoms with Crippen LogP contribution < -0.4 is 5.32 Å². The summed E-state index contributed by atoms with van der Waals surface area (Å²) in [5.74, 6) is -0.0769. The van der Waals surface area contributed by atoms with Crippen molar-refractivity contribution in [3.8, 4) is 0 Å². The zero-order chi connectivity index (χ0) is 16.9. The zero-order valence-corrected chi connectivity index (χ0v) is 15.0. The predicted octanol–water partition coefficient (Wildman–Crippen LogP) is 5.60. The molecular formula is C21H18BrNO. The molecule has 1 N–H and O–H groups in total. The minimum absolute atomic E-state index is 0.0769. The van der Waals surface area contributed by atoms with E-state index in [-0.39, 0.29) is 5.91 Å². The second-order valence-corrected chi connectivity index (χ2v) is 6.65. The first-order valence-electron chi connectivity index (χ1n) is 7.83. The van der Waals surface area contributed by atoms with Crippen LogP contribution in [0.4, 0.5) is 5.69 Å². The van der Waals surface area contributed by atoms with Gasteiger partial charge in [-0.2, -0.15) is 0 Å². The summed E-state index contributed by atoms with van der Waals surface area (Å²) >= 11 is 3.44. The molecule has 0 saturated heterocycles. The van der Waals surface area contributed by atoms with Crippen LogP contribution in [0.1, 0.15) is 27.0 Å². The Morgan fingerprint density at radius 2 is 1.67 bits per heavy atom. The molecule has 0 aliphatic carbocycles. The molecule has 24 heavy (non-hydrogen) atoms. The second-order valence-electron chi connectivity index (χ2n) is 5.73. The average molecular weight is 380 g/mol. The van der Waals surface area contributed by atoms with Gasteiger partial charge in [-0.1, -0.05) is 64.5 Å². The van der Waals surface area contributed by atoms with Crippen LogP contribution in [0, 0.1) is 6.92 Å². The highest BCUT2D eigenvalue weighted by atomic mass is 79.9. The number of rotatable bonds is 4. The van der Waals surface area contributed by atoms with Crippen molar-refractivity contribution in [1.29, 1.82) is 0 Å². The number of carbonyl (C=O) groups excluding carboxylic acids is 1. The number of aryl methyl sites for hydroxylation is 1. The fourth-order valence-electron chi connectivity index (χ4n) is 2.67. The van der Waals surface area contributed by atoms with Gasteiger partial charge in [0.05, 0.1) is 0 Å². The molecule has 0 saturated carbocycles. The molecule has 0 spiro atoms. The molecular weight excluding hydrogens is 362 g/mol. The Balaban J connectivity index is 1.85. The Kier molecular flexibility index (Phi) is 5.11. The summed E-state index contributed by atoms with van der Waals surface area (Å²) in [5, 5.41) is 3.02. The van der Waals surface area contributed by atoms with Gasteiger partial charge in [0.2, 0.25) is 0 Å². The molecule has 0 aliphatic rings. The SMILES string of the molecule is Cc1cc(Br)ccc1NC(=O)c1ccccc1Cc1ccccc1. The average Bonchev–Trinajstić information content (AvgIpc) is 2.59. The summed E-state index contributed by atoms with van der Waals surface area (Å²) in [4.78, 5) is 12.7. The summed E-state index contributed by atoms with van der Waals surface area (Å²) in [6.07, 6.45) is 0.740. The van der Waals surface area contributed by atoms with Crippen molar-refractivity contribution in [3.63, 3.8) is 0 Å². The molecule has 1 amide bonds. The Bertz CT molecular complexity index is 859. The highest BCUT2D eigenvalue weighted by Crippen LogP contribution is 2.22. The van der Waals surface area contributed by atoms with Crippen molar-refractivity contribution >= 4 is 27.5 Å². The maximum atomic E-state index is 12.7. The molecule has 0 aliphatic heterocycles. The molecule has 0 bridgehead atoms. The number of halogens is 1. The highest BCUT2D eigenvalue weighted by Gasteiger charge is 2.12. The first kappa shape index (κ1) is 16.5. The monoisotopic (exact) mass is 379 g/mol. The van der Waals surface area contributed by atoms with Gasteiger partial charge in [0.1, 0.15) is 0 Å². The van der Waals surface area contributed by atoms with Gasteiger partial charge in [-0.15, -0.1) is 0 Å². The van der Waals surface area contributed by atoms with Crippen LogP contribution in [0.15, 0.2) is 77.3 Å². The summed E-state index contributed by atoms with van der Waals surface area (Å²) in [5.41, 5.74) is 4.79. The van der Waals surface area contributed by atoms with E-state index in [2.05, 4.69) is 33.4 Å². The number of anilines is 1. The molecule has 3 aromatic rings. The second kappa shape index (κ2) is 7.45. The fraction of sp³-hybridized carbons (Fsp3) is 0.0952. The van der Waals surface area contributed by atoms with Gasteiger partial charge in [-0.25, -0.2) is 0 Å². The van der Waals surface area contributed by atoms with E-state index in [9.17, 15) is 4.79 Å². The van der Waals surface area contributed by atoms with Gasteiger partial charge in [0.15, 0.2) is 0 Å². The lowest BCUT2D eigenvalue weighted by Gasteiger charge is -2.12. The predicted molar refractivity (Wildman–Crippen MR) is 103 cm³/mol. The van der Waals surface area contributed by atoms with E-state index in [0.717, 1.165) is 27.7 Å². The van der Waals surface area contributed by atoms with Crippen molar-refractivity contribution in [2.75, 3.05) is 5.32 Å². The molecule has 0 radical (unpaired) electrons. The molecule has 3 aromatic carbocycles. The van der Waals surface area contributed by atoms with E-state index in [4.69, 9.17) is 0 Å². The van der Waals surface area contributed by atoms with Crippen LogP contribution in [0.2, 0.25) is 0 Å². The topological polar surface area (TPSA) is 29.1 Å². The van der Waals surface area contributed by atoms with Crippen LogP contribution in [0.5, 0.6) is 0 Å². The minimum atomic E-state index is -0.0769. The lowest BCUT2D eigenvalue weighted by atomic mass is 9.99. The van der Waals surface area contributed by atoms with Crippen molar-refractivity contribution in [3.05, 3.63) is 99.5 Å². The summed E-state index contributed by atoms with van der Waals surface area (Å²) in [6, 6.07) is 23.8. The van der Waals surface area contributed by atoms with Crippen molar-refractivity contribution < 1.29 is 4.79 Å². The van der Waals surface area contributed by atoms with Gasteiger partial charge < -0.3 is 5.32 Å². The van der Waals surface area contributed by atoms with Crippen LogP contribution in [0.25, 0.3) is 0 Å². The zero-order valence-electron chi connectivity index (χ0n) is 13.4. The summed E-state index contributed by atoms with van der Waals surface area (Å²) < 4.78 is 1.00. The van der Waals surface area contributed by atoms with E-state index in [0.29, 0.717) is 5.56 Å². The molecule has 0 unspecified atom stereocenters. The third kappa shape index (κ3) is 3.92. The number of nitrogens with one attached hydrogen (secondary N) is 1. The molecule has 120 valence electrons. The van der Waals surface area contributed by atoms with Crippen LogP contribution in [-0.2, 0) is 6.42 Å². The Morgan fingerprint density at radius 1 is 0.958 bits per heavy atom.